The van der Waals surface area contributed by atoms with E-state index in [0.29, 0.717) is 19.3 Å². The topological polar surface area (TPSA) is 142 Å². The number of amides is 2. The molecule has 0 aliphatic heterocycles. The average Bonchev–Trinajstić information content (AvgIpc) is 3.28. The van der Waals surface area contributed by atoms with Crippen molar-refractivity contribution < 1.29 is 34.1 Å². The van der Waals surface area contributed by atoms with Crippen molar-refractivity contribution >= 4 is 23.8 Å². The number of nitrogens with one attached hydrogen (secondary N) is 2. The van der Waals surface area contributed by atoms with Crippen molar-refractivity contribution in [2.75, 3.05) is 13.2 Å². The van der Waals surface area contributed by atoms with Gasteiger partial charge in [-0.05, 0) is 96.3 Å². The van der Waals surface area contributed by atoms with E-state index in [-0.39, 0.29) is 24.5 Å². The number of carboxylic acid groups (broad SMARTS) is 1. The molecule has 0 heterocycles. The number of aliphatic hydroxyl groups is 1. The first kappa shape index (κ1) is 61.1. The van der Waals surface area contributed by atoms with Gasteiger partial charge in [-0.2, -0.15) is 0 Å². The van der Waals surface area contributed by atoms with Gasteiger partial charge < -0.3 is 25.6 Å². The van der Waals surface area contributed by atoms with E-state index in [9.17, 15) is 19.2 Å². The molecule has 0 aromatic carbocycles. The van der Waals surface area contributed by atoms with E-state index in [1.165, 1.54) is 148 Å². The van der Waals surface area contributed by atoms with Gasteiger partial charge >= 0.3 is 11.9 Å². The van der Waals surface area contributed by atoms with Crippen molar-refractivity contribution in [1.82, 2.24) is 10.6 Å². The van der Waals surface area contributed by atoms with Crippen molar-refractivity contribution in [2.45, 2.75) is 276 Å². The highest BCUT2D eigenvalue weighted by atomic mass is 16.5. The fourth-order valence-corrected chi connectivity index (χ4v) is 7.98. The number of unbranched alkanes of at least 4 members (excludes halogenated alkanes) is 29. The maximum Gasteiger partial charge on any atom is 0.328 e. The van der Waals surface area contributed by atoms with E-state index in [1.807, 2.05) is 0 Å². The van der Waals surface area contributed by atoms with E-state index in [1.54, 1.807) is 0 Å². The third-order valence-electron chi connectivity index (χ3n) is 12.1. The molecule has 0 spiro atoms. The Hall–Kier alpha value is -2.94. The predicted octanol–water partition coefficient (Wildman–Crippen LogP) is 14.5. The molecule has 0 aromatic heterocycles. The van der Waals surface area contributed by atoms with Crippen LogP contribution in [0.25, 0.3) is 0 Å². The van der Waals surface area contributed by atoms with Crippen LogP contribution in [-0.2, 0) is 23.9 Å². The van der Waals surface area contributed by atoms with Gasteiger partial charge in [0.15, 0.2) is 0 Å². The van der Waals surface area contributed by atoms with Crippen LogP contribution >= 0.6 is 0 Å². The van der Waals surface area contributed by atoms with Crippen molar-refractivity contribution in [2.24, 2.45) is 0 Å². The van der Waals surface area contributed by atoms with Gasteiger partial charge in [0, 0.05) is 12.8 Å². The van der Waals surface area contributed by atoms with E-state index < -0.39 is 24.5 Å². The molecule has 0 aliphatic rings. The van der Waals surface area contributed by atoms with Gasteiger partial charge in [-0.3, -0.25) is 14.4 Å². The molecule has 64 heavy (non-hydrogen) atoms. The Kier molecular flexibility index (Phi) is 47.2. The normalized spacial score (nSPS) is 12.7. The van der Waals surface area contributed by atoms with Crippen LogP contribution in [0.5, 0.6) is 0 Å². The van der Waals surface area contributed by atoms with Crippen LogP contribution in [-0.4, -0.2) is 59.3 Å². The number of hydrogen-bond acceptors (Lipinski definition) is 6. The monoisotopic (exact) mass is 901 g/mol. The van der Waals surface area contributed by atoms with Crippen LogP contribution in [0.4, 0.5) is 0 Å². The van der Waals surface area contributed by atoms with Gasteiger partial charge in [-0.25, -0.2) is 4.79 Å². The zero-order valence-electron chi connectivity index (χ0n) is 41.5. The summed E-state index contributed by atoms with van der Waals surface area (Å²) in [6, 6.07) is -1.39. The van der Waals surface area contributed by atoms with Crippen LogP contribution in [0.15, 0.2) is 36.5 Å². The number of esters is 1. The molecule has 0 fully saturated rings. The molecule has 0 radical (unpaired) electrons. The maximum absolute atomic E-state index is 12.9. The van der Waals surface area contributed by atoms with Gasteiger partial charge in [-0.15, -0.1) is 0 Å². The molecule has 0 saturated heterocycles. The second-order valence-corrected chi connectivity index (χ2v) is 18.3. The quantitative estimate of drug-likeness (QED) is 0.0271. The number of carbonyl (C=O) groups excluding carboxylic acids is 3. The van der Waals surface area contributed by atoms with Crippen LogP contribution < -0.4 is 10.6 Å². The summed E-state index contributed by atoms with van der Waals surface area (Å²) in [5.74, 6) is -2.30. The molecule has 9 heteroatoms. The average molecular weight is 901 g/mol. The molecule has 0 aromatic rings. The minimum absolute atomic E-state index is 0.0379. The third-order valence-corrected chi connectivity index (χ3v) is 12.1. The maximum atomic E-state index is 12.9. The second-order valence-electron chi connectivity index (χ2n) is 18.3. The first-order valence-electron chi connectivity index (χ1n) is 26.9. The minimum Gasteiger partial charge on any atom is -0.480 e. The molecule has 0 saturated carbocycles. The number of allylic oxidation sites excluding steroid dienone is 6. The summed E-state index contributed by atoms with van der Waals surface area (Å²) < 4.78 is 6.07. The summed E-state index contributed by atoms with van der Waals surface area (Å²) in [5, 5.41) is 22.6. The third kappa shape index (κ3) is 45.6. The molecule has 2 atom stereocenters. The number of aliphatic hydroxyl groups excluding tert-OH is 1. The summed E-state index contributed by atoms with van der Waals surface area (Å²) in [7, 11) is 0. The number of carbonyl (C=O) groups is 4. The largest absolute Gasteiger partial charge is 0.480 e. The van der Waals surface area contributed by atoms with E-state index in [4.69, 9.17) is 14.9 Å². The lowest BCUT2D eigenvalue weighted by molar-refractivity contribution is -0.150. The van der Waals surface area contributed by atoms with Crippen molar-refractivity contribution in [3.05, 3.63) is 36.5 Å². The Labute approximate surface area is 393 Å². The van der Waals surface area contributed by atoms with Gasteiger partial charge in [0.1, 0.15) is 12.1 Å². The molecule has 2 amide bonds. The zero-order chi connectivity index (χ0) is 46.8. The lowest BCUT2D eigenvalue weighted by Gasteiger charge is -2.18. The van der Waals surface area contributed by atoms with Gasteiger partial charge in [0.05, 0.1) is 13.2 Å². The second kappa shape index (κ2) is 49.5. The zero-order valence-corrected chi connectivity index (χ0v) is 41.5. The summed E-state index contributed by atoms with van der Waals surface area (Å²) in [5.41, 5.74) is 0. The Morgan fingerprint density at radius 2 is 0.844 bits per heavy atom. The SMILES string of the molecule is CCCCCCC/C=C\C/C=C\CCCCCC(CCCCCCCC(=O)NCC(=O)NC(CO)C(=O)O)OC(=O)CCCCCCCCCCC/C=C\CCCCCCCCCC. The Balaban J connectivity index is 4.30. The molecule has 372 valence electrons. The molecule has 4 N–H and O–H groups in total. The lowest BCUT2D eigenvalue weighted by Crippen LogP contribution is -2.47. The smallest absolute Gasteiger partial charge is 0.328 e. The lowest BCUT2D eigenvalue weighted by atomic mass is 10.0. The summed E-state index contributed by atoms with van der Waals surface area (Å²) >= 11 is 0. The van der Waals surface area contributed by atoms with Crippen LogP contribution in [0.3, 0.4) is 0 Å². The molecule has 9 nitrogen and oxygen atoms in total. The molecular formula is C55H100N2O7. The first-order chi connectivity index (χ1) is 31.3. The number of carboxylic acids is 1. The summed E-state index contributed by atoms with van der Waals surface area (Å²) in [4.78, 5) is 47.8. The molecule has 0 bridgehead atoms. The van der Waals surface area contributed by atoms with Gasteiger partial charge in [-0.1, -0.05) is 192 Å². The Morgan fingerprint density at radius 3 is 1.28 bits per heavy atom. The highest BCUT2D eigenvalue weighted by Crippen LogP contribution is 2.19. The van der Waals surface area contributed by atoms with Gasteiger partial charge in [0.2, 0.25) is 11.8 Å². The summed E-state index contributed by atoms with van der Waals surface area (Å²) in [6.07, 6.45) is 59.0. The Morgan fingerprint density at radius 1 is 0.469 bits per heavy atom. The van der Waals surface area contributed by atoms with Crippen LogP contribution in [0.2, 0.25) is 0 Å². The minimum atomic E-state index is -1.39. The van der Waals surface area contributed by atoms with E-state index >= 15 is 0 Å². The highest BCUT2D eigenvalue weighted by molar-refractivity contribution is 5.87. The molecular weight excluding hydrogens is 801 g/mol. The molecule has 0 aliphatic carbocycles. The van der Waals surface area contributed by atoms with Crippen LogP contribution in [0.1, 0.15) is 264 Å². The van der Waals surface area contributed by atoms with Crippen molar-refractivity contribution in [3.8, 4) is 0 Å². The standard InChI is InChI=1S/C55H100N2O7/c1-3-5-7-9-11-13-15-17-19-20-21-22-23-24-26-28-30-32-34-39-43-47-54(61)64-50(44-40-36-33-31-29-27-25-18-16-14-12-10-8-6-4-2)45-41-37-35-38-42-46-52(59)56-48-53(60)57-51(49-58)55(62)63/h16,18,20-21,27,29,50-51,58H,3-15,17,19,22-26,28,30-49H2,1-2H3,(H,56,59)(H,57,60)(H,62,63)/b18-16-,21-20-,29-27-. The number of aliphatic carboxylic acids is 1. The number of hydrogen-bond donors (Lipinski definition) is 4. The van der Waals surface area contributed by atoms with E-state index in [0.717, 1.165) is 83.5 Å². The fourth-order valence-electron chi connectivity index (χ4n) is 7.98. The fraction of sp³-hybridized carbons (Fsp3) is 0.818. The van der Waals surface area contributed by atoms with Crippen molar-refractivity contribution in [3.63, 3.8) is 0 Å². The van der Waals surface area contributed by atoms with Crippen molar-refractivity contribution in [1.29, 1.82) is 0 Å². The highest BCUT2D eigenvalue weighted by Gasteiger charge is 2.19. The predicted molar refractivity (Wildman–Crippen MR) is 268 cm³/mol. The Bertz CT molecular complexity index is 1170. The molecule has 2 unspecified atom stereocenters. The molecule has 0 rings (SSSR count). The van der Waals surface area contributed by atoms with E-state index in [2.05, 4.69) is 60.9 Å². The van der Waals surface area contributed by atoms with Crippen LogP contribution in [0, 0.1) is 0 Å². The first-order valence-corrected chi connectivity index (χ1v) is 26.9. The van der Waals surface area contributed by atoms with Gasteiger partial charge in [0.25, 0.3) is 0 Å². The number of ether oxygens (including phenoxy) is 1. The number of rotatable bonds is 49. The summed E-state index contributed by atoms with van der Waals surface area (Å²) in [6.45, 7) is 3.50.